The molecule has 0 bridgehead atoms. The summed E-state index contributed by atoms with van der Waals surface area (Å²) in [5.41, 5.74) is 3.40. The quantitative estimate of drug-likeness (QED) is 0.792. The van der Waals surface area contributed by atoms with Crippen molar-refractivity contribution in [3.63, 3.8) is 0 Å². The van der Waals surface area contributed by atoms with Gasteiger partial charge in [0.05, 0.1) is 17.0 Å². The Morgan fingerprint density at radius 3 is 2.89 bits per heavy atom. The van der Waals surface area contributed by atoms with Crippen molar-refractivity contribution in [2.75, 3.05) is 26.2 Å². The smallest absolute Gasteiger partial charge is 0.254 e. The summed E-state index contributed by atoms with van der Waals surface area (Å²) < 4.78 is 0. The first-order valence-electron chi connectivity index (χ1n) is 9.55. The van der Waals surface area contributed by atoms with Crippen LogP contribution in [0.4, 0.5) is 0 Å². The summed E-state index contributed by atoms with van der Waals surface area (Å²) in [7, 11) is 0. The number of aryl methyl sites for hydroxylation is 2. The first-order valence-corrected chi connectivity index (χ1v) is 9.55. The summed E-state index contributed by atoms with van der Waals surface area (Å²) in [6.45, 7) is 5.52. The lowest BCUT2D eigenvalue weighted by molar-refractivity contribution is -0.126. The Morgan fingerprint density at radius 2 is 2.11 bits per heavy atom. The van der Waals surface area contributed by atoms with E-state index in [1.54, 1.807) is 4.90 Å². The number of hydrogen-bond acceptors (Lipinski definition) is 4. The van der Waals surface area contributed by atoms with E-state index in [0.717, 1.165) is 35.0 Å². The third kappa shape index (κ3) is 4.45. The zero-order chi connectivity index (χ0) is 19.4. The van der Waals surface area contributed by atoms with Crippen LogP contribution in [0.5, 0.6) is 0 Å². The van der Waals surface area contributed by atoms with Crippen LogP contribution in [-0.2, 0) is 4.79 Å². The summed E-state index contributed by atoms with van der Waals surface area (Å²) in [5, 5.41) is 12.6. The molecule has 0 radical (unpaired) electrons. The molecule has 0 saturated carbocycles. The third-order valence-electron chi connectivity index (χ3n) is 5.04. The molecule has 1 atom stereocenters. The lowest BCUT2D eigenvalue weighted by Gasteiger charge is -2.32. The first-order chi connectivity index (χ1) is 13.0. The molecule has 3 rings (SSSR count). The molecule has 144 valence electrons. The van der Waals surface area contributed by atoms with Crippen molar-refractivity contribution in [2.45, 2.75) is 33.1 Å². The Labute approximate surface area is 159 Å². The molecule has 1 aromatic carbocycles. The van der Waals surface area contributed by atoms with Crippen LogP contribution in [0.2, 0.25) is 0 Å². The zero-order valence-electron chi connectivity index (χ0n) is 16.0. The van der Waals surface area contributed by atoms with Gasteiger partial charge in [-0.1, -0.05) is 12.1 Å². The van der Waals surface area contributed by atoms with Crippen molar-refractivity contribution >= 4 is 22.7 Å². The number of nitrogens with one attached hydrogen (secondary N) is 1. The predicted molar refractivity (Wildman–Crippen MR) is 105 cm³/mol. The SMILES string of the molecule is Cc1ccc2c(C(=O)N3CCC[C@H](C(=O)NCCCO)C3)cc(C)nc2c1. The number of aliphatic hydroxyl groups excluding tert-OH is 1. The van der Waals surface area contributed by atoms with Crippen LogP contribution in [0.15, 0.2) is 24.3 Å². The number of benzene rings is 1. The van der Waals surface area contributed by atoms with E-state index < -0.39 is 0 Å². The molecule has 0 aliphatic carbocycles. The standard InChI is InChI=1S/C21H27N3O3/c1-14-6-7-17-18(12-15(2)23-19(17)11-14)21(27)24-9-3-5-16(13-24)20(26)22-8-4-10-25/h6-7,11-12,16,25H,3-5,8-10,13H2,1-2H3,(H,22,26)/t16-/m0/s1. The monoisotopic (exact) mass is 369 g/mol. The number of pyridine rings is 1. The molecule has 2 N–H and O–H groups in total. The van der Waals surface area contributed by atoms with Crippen LogP contribution in [0, 0.1) is 19.8 Å². The summed E-state index contributed by atoms with van der Waals surface area (Å²) in [6.07, 6.45) is 2.14. The molecule has 1 aromatic heterocycles. The van der Waals surface area contributed by atoms with Crippen LogP contribution in [-0.4, -0.2) is 53.0 Å². The van der Waals surface area contributed by atoms with E-state index in [9.17, 15) is 9.59 Å². The van der Waals surface area contributed by atoms with Gasteiger partial charge >= 0.3 is 0 Å². The van der Waals surface area contributed by atoms with Gasteiger partial charge in [0, 0.05) is 37.3 Å². The van der Waals surface area contributed by atoms with Gasteiger partial charge in [-0.15, -0.1) is 0 Å². The molecule has 1 aliphatic rings. The van der Waals surface area contributed by atoms with Crippen LogP contribution in [0.1, 0.15) is 40.9 Å². The van der Waals surface area contributed by atoms with Crippen molar-refractivity contribution < 1.29 is 14.7 Å². The van der Waals surface area contributed by atoms with E-state index in [-0.39, 0.29) is 24.3 Å². The van der Waals surface area contributed by atoms with Gasteiger partial charge in [0.2, 0.25) is 5.91 Å². The summed E-state index contributed by atoms with van der Waals surface area (Å²) in [5.74, 6) is -0.271. The number of hydrogen-bond donors (Lipinski definition) is 2. The average molecular weight is 369 g/mol. The Morgan fingerprint density at radius 1 is 1.30 bits per heavy atom. The van der Waals surface area contributed by atoms with Gasteiger partial charge in [-0.3, -0.25) is 14.6 Å². The number of aromatic nitrogens is 1. The normalized spacial score (nSPS) is 17.1. The highest BCUT2D eigenvalue weighted by atomic mass is 16.3. The van der Waals surface area contributed by atoms with Crippen molar-refractivity contribution in [2.24, 2.45) is 5.92 Å². The highest BCUT2D eigenvalue weighted by Crippen LogP contribution is 2.24. The van der Waals surface area contributed by atoms with Gasteiger partial charge in [-0.2, -0.15) is 0 Å². The Kier molecular flexibility index (Phi) is 6.06. The van der Waals surface area contributed by atoms with E-state index >= 15 is 0 Å². The van der Waals surface area contributed by atoms with Crippen LogP contribution in [0.3, 0.4) is 0 Å². The number of likely N-dealkylation sites (tertiary alicyclic amines) is 1. The predicted octanol–water partition coefficient (Wildman–Crippen LogP) is 2.20. The van der Waals surface area contributed by atoms with Crippen molar-refractivity contribution in [3.05, 3.63) is 41.1 Å². The van der Waals surface area contributed by atoms with Gasteiger partial charge in [0.1, 0.15) is 0 Å². The maximum absolute atomic E-state index is 13.2. The average Bonchev–Trinajstić information content (AvgIpc) is 2.66. The number of carbonyl (C=O) groups is 2. The summed E-state index contributed by atoms with van der Waals surface area (Å²) in [6, 6.07) is 7.77. The molecule has 1 fully saturated rings. The third-order valence-corrected chi connectivity index (χ3v) is 5.04. The van der Waals surface area contributed by atoms with E-state index in [2.05, 4.69) is 10.3 Å². The number of fused-ring (bicyclic) bond motifs is 1. The molecule has 6 heteroatoms. The van der Waals surface area contributed by atoms with E-state index in [1.165, 1.54) is 0 Å². The topological polar surface area (TPSA) is 82.5 Å². The Hall–Kier alpha value is -2.47. The van der Waals surface area contributed by atoms with Gasteiger partial charge < -0.3 is 15.3 Å². The zero-order valence-corrected chi connectivity index (χ0v) is 16.0. The van der Waals surface area contributed by atoms with Crippen LogP contribution >= 0.6 is 0 Å². The van der Waals surface area contributed by atoms with E-state index in [4.69, 9.17) is 5.11 Å². The maximum Gasteiger partial charge on any atom is 0.254 e. The minimum atomic E-state index is -0.196. The minimum Gasteiger partial charge on any atom is -0.396 e. The highest BCUT2D eigenvalue weighted by Gasteiger charge is 2.29. The summed E-state index contributed by atoms with van der Waals surface area (Å²) in [4.78, 5) is 31.9. The lowest BCUT2D eigenvalue weighted by atomic mass is 9.95. The minimum absolute atomic E-state index is 0.0349. The highest BCUT2D eigenvalue weighted by molar-refractivity contribution is 6.06. The molecule has 6 nitrogen and oxygen atoms in total. The fraction of sp³-hybridized carbons (Fsp3) is 0.476. The fourth-order valence-corrected chi connectivity index (χ4v) is 3.63. The maximum atomic E-state index is 13.2. The Bertz CT molecular complexity index is 845. The number of rotatable bonds is 5. The van der Waals surface area contributed by atoms with Crippen molar-refractivity contribution in [1.82, 2.24) is 15.2 Å². The summed E-state index contributed by atoms with van der Waals surface area (Å²) >= 11 is 0. The van der Waals surface area contributed by atoms with E-state index in [0.29, 0.717) is 31.6 Å². The number of amides is 2. The van der Waals surface area contributed by atoms with Crippen molar-refractivity contribution in [3.8, 4) is 0 Å². The van der Waals surface area contributed by atoms with Gasteiger partial charge in [-0.05, 0) is 50.8 Å². The fourth-order valence-electron chi connectivity index (χ4n) is 3.63. The lowest BCUT2D eigenvalue weighted by Crippen LogP contribution is -2.45. The van der Waals surface area contributed by atoms with Gasteiger partial charge in [0.15, 0.2) is 0 Å². The molecule has 0 unspecified atom stereocenters. The molecule has 1 aliphatic heterocycles. The molecule has 2 aromatic rings. The van der Waals surface area contributed by atoms with Gasteiger partial charge in [0.25, 0.3) is 5.91 Å². The van der Waals surface area contributed by atoms with E-state index in [1.807, 2.05) is 38.1 Å². The largest absolute Gasteiger partial charge is 0.396 e. The molecule has 27 heavy (non-hydrogen) atoms. The molecular weight excluding hydrogens is 342 g/mol. The first kappa shape index (κ1) is 19.3. The number of aliphatic hydroxyl groups is 1. The number of nitrogens with zero attached hydrogens (tertiary/aromatic N) is 2. The second kappa shape index (κ2) is 8.48. The second-order valence-electron chi connectivity index (χ2n) is 7.29. The number of piperidine rings is 1. The number of carbonyl (C=O) groups excluding carboxylic acids is 2. The molecule has 0 spiro atoms. The molecule has 2 amide bonds. The van der Waals surface area contributed by atoms with Gasteiger partial charge in [-0.25, -0.2) is 0 Å². The van der Waals surface area contributed by atoms with Crippen molar-refractivity contribution in [1.29, 1.82) is 0 Å². The molecule has 2 heterocycles. The van der Waals surface area contributed by atoms with Crippen LogP contribution in [0.25, 0.3) is 10.9 Å². The molecular formula is C21H27N3O3. The Balaban J connectivity index is 1.79. The second-order valence-corrected chi connectivity index (χ2v) is 7.29. The van der Waals surface area contributed by atoms with Crippen LogP contribution < -0.4 is 5.32 Å². The molecule has 1 saturated heterocycles.